The zero-order valence-corrected chi connectivity index (χ0v) is 14.2. The second-order valence-electron chi connectivity index (χ2n) is 6.52. The Balaban J connectivity index is 1.51. The lowest BCUT2D eigenvalue weighted by Crippen LogP contribution is -2.48. The molecule has 2 amide bonds. The van der Waals surface area contributed by atoms with Gasteiger partial charge < -0.3 is 14.8 Å². The summed E-state index contributed by atoms with van der Waals surface area (Å²) in [6.45, 7) is 3.91. The van der Waals surface area contributed by atoms with Crippen molar-refractivity contribution < 1.29 is 13.6 Å². The number of carbonyl (C=O) groups is 1. The molecule has 0 spiro atoms. The maximum Gasteiger partial charge on any atom is 0.317 e. The predicted molar refractivity (Wildman–Crippen MR) is 90.1 cm³/mol. The molecule has 134 valence electrons. The average molecular weight is 348 g/mol. The van der Waals surface area contributed by atoms with Crippen LogP contribution in [0.2, 0.25) is 0 Å². The largest absolute Gasteiger partial charge is 0.338 e. The number of benzene rings is 1. The first-order valence-corrected chi connectivity index (χ1v) is 8.48. The van der Waals surface area contributed by atoms with Crippen LogP contribution < -0.4 is 5.32 Å². The zero-order valence-electron chi connectivity index (χ0n) is 14.2. The number of rotatable bonds is 4. The fraction of sp³-hybridized carbons (Fsp3) is 0.444. The molecule has 0 bridgehead atoms. The highest BCUT2D eigenvalue weighted by molar-refractivity contribution is 5.74. The van der Waals surface area contributed by atoms with Gasteiger partial charge in [0.15, 0.2) is 11.6 Å². The summed E-state index contributed by atoms with van der Waals surface area (Å²) in [7, 11) is 0. The van der Waals surface area contributed by atoms with Crippen LogP contribution in [0.1, 0.15) is 24.9 Å². The number of imidazole rings is 1. The topological polar surface area (TPSA) is 50.2 Å². The van der Waals surface area contributed by atoms with E-state index in [-0.39, 0.29) is 12.1 Å². The number of hydrogen-bond donors (Lipinski definition) is 1. The number of amides is 2. The summed E-state index contributed by atoms with van der Waals surface area (Å²) in [6, 6.07) is 3.89. The molecule has 1 aliphatic heterocycles. The number of urea groups is 1. The van der Waals surface area contributed by atoms with Crippen molar-refractivity contribution in [3.63, 3.8) is 0 Å². The van der Waals surface area contributed by atoms with Gasteiger partial charge in [0, 0.05) is 32.0 Å². The van der Waals surface area contributed by atoms with Gasteiger partial charge in [-0.1, -0.05) is 13.0 Å². The zero-order chi connectivity index (χ0) is 17.8. The van der Waals surface area contributed by atoms with E-state index < -0.39 is 11.6 Å². The number of aromatic nitrogens is 2. The molecular formula is C18H22F2N4O. The van der Waals surface area contributed by atoms with Gasteiger partial charge in [-0.15, -0.1) is 0 Å². The van der Waals surface area contributed by atoms with Crippen LogP contribution in [-0.4, -0.2) is 40.1 Å². The van der Waals surface area contributed by atoms with E-state index in [9.17, 15) is 13.6 Å². The summed E-state index contributed by atoms with van der Waals surface area (Å²) in [5, 5.41) is 2.86. The minimum Gasteiger partial charge on any atom is -0.338 e. The van der Waals surface area contributed by atoms with Crippen molar-refractivity contribution in [1.82, 2.24) is 19.8 Å². The quantitative estimate of drug-likeness (QED) is 0.923. The monoisotopic (exact) mass is 348 g/mol. The van der Waals surface area contributed by atoms with Gasteiger partial charge in [0.05, 0.1) is 12.4 Å². The first kappa shape index (κ1) is 17.4. The second kappa shape index (κ2) is 7.63. The van der Waals surface area contributed by atoms with E-state index in [1.807, 2.05) is 10.8 Å². The highest BCUT2D eigenvalue weighted by Crippen LogP contribution is 2.27. The van der Waals surface area contributed by atoms with Crippen LogP contribution in [0.15, 0.2) is 36.9 Å². The summed E-state index contributed by atoms with van der Waals surface area (Å²) >= 11 is 0. The van der Waals surface area contributed by atoms with Crippen LogP contribution in [-0.2, 0) is 6.42 Å². The highest BCUT2D eigenvalue weighted by Gasteiger charge is 2.29. The summed E-state index contributed by atoms with van der Waals surface area (Å²) < 4.78 is 28.2. The molecule has 0 radical (unpaired) electrons. The van der Waals surface area contributed by atoms with Gasteiger partial charge in [-0.2, -0.15) is 0 Å². The molecule has 5 nitrogen and oxygen atoms in total. The van der Waals surface area contributed by atoms with E-state index in [0.717, 1.165) is 12.5 Å². The maximum absolute atomic E-state index is 13.2. The molecule has 2 atom stereocenters. The third kappa shape index (κ3) is 4.15. The fourth-order valence-corrected chi connectivity index (χ4v) is 3.21. The Kier molecular flexibility index (Phi) is 5.31. The van der Waals surface area contributed by atoms with Crippen molar-refractivity contribution in [3.05, 3.63) is 54.1 Å². The molecule has 1 N–H and O–H groups in total. The molecule has 0 saturated carbocycles. The van der Waals surface area contributed by atoms with Gasteiger partial charge in [-0.3, -0.25) is 0 Å². The summed E-state index contributed by atoms with van der Waals surface area (Å²) in [5.41, 5.74) is 0.655. The molecule has 2 aromatic rings. The minimum absolute atomic E-state index is 0.125. The third-order valence-electron chi connectivity index (χ3n) is 4.79. The molecule has 1 aliphatic rings. The maximum atomic E-state index is 13.2. The molecule has 2 heterocycles. The summed E-state index contributed by atoms with van der Waals surface area (Å²) in [4.78, 5) is 18.3. The van der Waals surface area contributed by atoms with E-state index in [1.165, 1.54) is 12.1 Å². The molecule has 1 aromatic heterocycles. The number of piperidine rings is 1. The number of nitrogens with one attached hydrogen (secondary N) is 1. The van der Waals surface area contributed by atoms with Crippen molar-refractivity contribution in [2.45, 2.75) is 25.8 Å². The van der Waals surface area contributed by atoms with Gasteiger partial charge in [-0.05, 0) is 36.5 Å². The Morgan fingerprint density at radius 3 is 2.92 bits per heavy atom. The molecule has 3 rings (SSSR count). The number of nitrogens with zero attached hydrogens (tertiary/aromatic N) is 3. The second-order valence-corrected chi connectivity index (χ2v) is 6.52. The fourth-order valence-electron chi connectivity index (χ4n) is 3.21. The van der Waals surface area contributed by atoms with Crippen molar-refractivity contribution in [2.24, 2.45) is 5.92 Å². The summed E-state index contributed by atoms with van der Waals surface area (Å²) in [5.74, 6) is -1.25. The van der Waals surface area contributed by atoms with Crippen LogP contribution in [0.5, 0.6) is 0 Å². The van der Waals surface area contributed by atoms with Gasteiger partial charge >= 0.3 is 6.03 Å². The summed E-state index contributed by atoms with van der Waals surface area (Å²) in [6.07, 6.45) is 6.84. The lowest BCUT2D eigenvalue weighted by molar-refractivity contribution is 0.140. The van der Waals surface area contributed by atoms with E-state index in [2.05, 4.69) is 17.2 Å². The van der Waals surface area contributed by atoms with E-state index in [4.69, 9.17) is 0 Å². The van der Waals surface area contributed by atoms with Crippen molar-refractivity contribution in [3.8, 4) is 0 Å². The Hall–Kier alpha value is -2.44. The van der Waals surface area contributed by atoms with Crippen LogP contribution in [0.3, 0.4) is 0 Å². The minimum atomic E-state index is -0.864. The molecular weight excluding hydrogens is 326 g/mol. The molecule has 7 heteroatoms. The number of carbonyl (C=O) groups excluding carboxylic acids is 1. The Morgan fingerprint density at radius 1 is 1.36 bits per heavy atom. The van der Waals surface area contributed by atoms with Crippen LogP contribution in [0.25, 0.3) is 0 Å². The van der Waals surface area contributed by atoms with Gasteiger partial charge in [0.1, 0.15) is 0 Å². The number of halogens is 2. The lowest BCUT2D eigenvalue weighted by Gasteiger charge is -2.37. The van der Waals surface area contributed by atoms with Gasteiger partial charge in [0.2, 0.25) is 0 Å². The standard InChI is InChI=1S/C18H22F2N4O/c1-13-5-8-23(11-17(13)24-9-7-21-12-24)18(25)22-6-4-14-2-3-15(19)16(20)10-14/h2-3,7,9-10,12-13,17H,4-6,8,11H2,1H3,(H,22,25)/t13-,17-/m1/s1. The first-order chi connectivity index (χ1) is 12.0. The molecule has 1 aromatic carbocycles. The Bertz CT molecular complexity index is 720. The van der Waals surface area contributed by atoms with E-state index in [1.54, 1.807) is 17.4 Å². The number of hydrogen-bond acceptors (Lipinski definition) is 2. The third-order valence-corrected chi connectivity index (χ3v) is 4.79. The SMILES string of the molecule is C[C@@H]1CCN(C(=O)NCCc2ccc(F)c(F)c2)C[C@H]1n1ccnc1. The van der Waals surface area contributed by atoms with Crippen LogP contribution in [0, 0.1) is 17.6 Å². The van der Waals surface area contributed by atoms with Crippen molar-refractivity contribution in [2.75, 3.05) is 19.6 Å². The van der Waals surface area contributed by atoms with E-state index in [0.29, 0.717) is 37.5 Å². The smallest absolute Gasteiger partial charge is 0.317 e. The normalized spacial score (nSPS) is 20.5. The highest BCUT2D eigenvalue weighted by atomic mass is 19.2. The molecule has 1 saturated heterocycles. The molecule has 0 unspecified atom stereocenters. The van der Waals surface area contributed by atoms with Gasteiger partial charge in [-0.25, -0.2) is 18.6 Å². The average Bonchev–Trinajstić information content (AvgIpc) is 3.12. The predicted octanol–water partition coefficient (Wildman–Crippen LogP) is 3.00. The molecule has 0 aliphatic carbocycles. The lowest BCUT2D eigenvalue weighted by atomic mass is 9.93. The first-order valence-electron chi connectivity index (χ1n) is 8.48. The Labute approximate surface area is 145 Å². The molecule has 25 heavy (non-hydrogen) atoms. The van der Waals surface area contributed by atoms with Crippen LogP contribution in [0.4, 0.5) is 13.6 Å². The van der Waals surface area contributed by atoms with Crippen molar-refractivity contribution >= 4 is 6.03 Å². The van der Waals surface area contributed by atoms with Crippen LogP contribution >= 0.6 is 0 Å². The van der Waals surface area contributed by atoms with E-state index >= 15 is 0 Å². The Morgan fingerprint density at radius 2 is 2.20 bits per heavy atom. The number of likely N-dealkylation sites (tertiary alicyclic amines) is 1. The van der Waals surface area contributed by atoms with Crippen molar-refractivity contribution in [1.29, 1.82) is 0 Å². The molecule has 1 fully saturated rings. The van der Waals surface area contributed by atoms with Gasteiger partial charge in [0.25, 0.3) is 0 Å².